The summed E-state index contributed by atoms with van der Waals surface area (Å²) in [7, 11) is 0. The van der Waals surface area contributed by atoms with E-state index in [0.29, 0.717) is 5.92 Å². The zero-order valence-electron chi connectivity index (χ0n) is 9.67. The number of allylic oxidation sites excluding steroid dienone is 1. The molecule has 0 aliphatic carbocycles. The van der Waals surface area contributed by atoms with E-state index in [9.17, 15) is 0 Å². The van der Waals surface area contributed by atoms with Crippen LogP contribution in [-0.2, 0) is 0 Å². The Morgan fingerprint density at radius 1 is 1.21 bits per heavy atom. The molecule has 1 heterocycles. The van der Waals surface area contributed by atoms with Crippen LogP contribution >= 0.6 is 0 Å². The Hall–Kier alpha value is -0.300. The highest BCUT2D eigenvalue weighted by Crippen LogP contribution is 2.12. The van der Waals surface area contributed by atoms with Crippen LogP contribution in [0.15, 0.2) is 12.7 Å². The summed E-state index contributed by atoms with van der Waals surface area (Å²) >= 11 is 0. The quantitative estimate of drug-likeness (QED) is 0.444. The SMILES string of the molecule is C=CC(C)CCCCCN1CCCC1. The fourth-order valence-corrected chi connectivity index (χ4v) is 2.10. The predicted molar refractivity (Wildman–Crippen MR) is 63.5 cm³/mol. The normalized spacial score (nSPS) is 19.8. The molecule has 82 valence electrons. The van der Waals surface area contributed by atoms with Crippen LogP contribution in [0.1, 0.15) is 45.4 Å². The van der Waals surface area contributed by atoms with E-state index in [2.05, 4.69) is 24.5 Å². The summed E-state index contributed by atoms with van der Waals surface area (Å²) in [4.78, 5) is 2.61. The Bertz CT molecular complexity index is 147. The van der Waals surface area contributed by atoms with E-state index in [4.69, 9.17) is 0 Å². The molecule has 1 unspecified atom stereocenters. The van der Waals surface area contributed by atoms with Gasteiger partial charge in [0.2, 0.25) is 0 Å². The first kappa shape index (κ1) is 11.8. The van der Waals surface area contributed by atoms with Crippen molar-refractivity contribution in [3.8, 4) is 0 Å². The molecule has 0 aromatic heterocycles. The van der Waals surface area contributed by atoms with E-state index in [1.165, 1.54) is 58.2 Å². The van der Waals surface area contributed by atoms with Crippen LogP contribution in [0.4, 0.5) is 0 Å². The number of likely N-dealkylation sites (tertiary alicyclic amines) is 1. The number of nitrogens with zero attached hydrogens (tertiary/aromatic N) is 1. The molecule has 1 aliphatic rings. The molecule has 14 heavy (non-hydrogen) atoms. The zero-order valence-corrected chi connectivity index (χ0v) is 9.67. The summed E-state index contributed by atoms with van der Waals surface area (Å²) in [5.74, 6) is 0.710. The molecule has 0 N–H and O–H groups in total. The fraction of sp³-hybridized carbons (Fsp3) is 0.846. The van der Waals surface area contributed by atoms with E-state index in [1.807, 2.05) is 0 Å². The predicted octanol–water partition coefficient (Wildman–Crippen LogP) is 3.46. The molecule has 1 nitrogen and oxygen atoms in total. The molecular formula is C13H25N. The number of unbranched alkanes of at least 4 members (excludes halogenated alkanes) is 2. The van der Waals surface area contributed by atoms with E-state index >= 15 is 0 Å². The Morgan fingerprint density at radius 3 is 2.57 bits per heavy atom. The van der Waals surface area contributed by atoms with Crippen LogP contribution in [0.2, 0.25) is 0 Å². The van der Waals surface area contributed by atoms with Crippen LogP contribution in [0.5, 0.6) is 0 Å². The second kappa shape index (κ2) is 7.05. The first-order valence-corrected chi connectivity index (χ1v) is 6.18. The van der Waals surface area contributed by atoms with Crippen molar-refractivity contribution < 1.29 is 0 Å². The Balaban J connectivity index is 1.86. The highest BCUT2D eigenvalue weighted by atomic mass is 15.1. The van der Waals surface area contributed by atoms with Crippen LogP contribution < -0.4 is 0 Å². The average molecular weight is 195 g/mol. The third-order valence-electron chi connectivity index (χ3n) is 3.23. The Morgan fingerprint density at radius 2 is 1.93 bits per heavy atom. The largest absolute Gasteiger partial charge is 0.303 e. The highest BCUT2D eigenvalue weighted by molar-refractivity contribution is 4.74. The standard InChI is InChI=1S/C13H25N/c1-3-13(2)9-5-4-6-10-14-11-7-8-12-14/h3,13H,1,4-12H2,2H3. The van der Waals surface area contributed by atoms with Crippen molar-refractivity contribution in [1.82, 2.24) is 4.90 Å². The van der Waals surface area contributed by atoms with E-state index in [-0.39, 0.29) is 0 Å². The minimum atomic E-state index is 0.710. The second-order valence-electron chi connectivity index (χ2n) is 4.61. The number of hydrogen-bond acceptors (Lipinski definition) is 1. The van der Waals surface area contributed by atoms with E-state index < -0.39 is 0 Å². The lowest BCUT2D eigenvalue weighted by atomic mass is 10.0. The third-order valence-corrected chi connectivity index (χ3v) is 3.23. The minimum Gasteiger partial charge on any atom is -0.303 e. The van der Waals surface area contributed by atoms with Gasteiger partial charge in [-0.15, -0.1) is 6.58 Å². The summed E-state index contributed by atoms with van der Waals surface area (Å²) < 4.78 is 0. The summed E-state index contributed by atoms with van der Waals surface area (Å²) in [5, 5.41) is 0. The van der Waals surface area contributed by atoms with Gasteiger partial charge in [-0.05, 0) is 51.2 Å². The Kier molecular flexibility index (Phi) is 5.93. The van der Waals surface area contributed by atoms with E-state index in [0.717, 1.165) is 0 Å². The van der Waals surface area contributed by atoms with Gasteiger partial charge >= 0.3 is 0 Å². The van der Waals surface area contributed by atoms with E-state index in [1.54, 1.807) is 0 Å². The zero-order chi connectivity index (χ0) is 10.2. The van der Waals surface area contributed by atoms with Gasteiger partial charge in [0.1, 0.15) is 0 Å². The smallest absolute Gasteiger partial charge is 0.00183 e. The van der Waals surface area contributed by atoms with Gasteiger partial charge in [-0.1, -0.05) is 25.8 Å². The molecule has 1 fully saturated rings. The number of hydrogen-bond donors (Lipinski definition) is 0. The third kappa shape index (κ3) is 4.80. The molecule has 0 aromatic rings. The maximum atomic E-state index is 3.81. The van der Waals surface area contributed by atoms with Gasteiger partial charge in [-0.25, -0.2) is 0 Å². The first-order chi connectivity index (χ1) is 6.83. The lowest BCUT2D eigenvalue weighted by molar-refractivity contribution is 0.327. The summed E-state index contributed by atoms with van der Waals surface area (Å²) in [6.45, 7) is 10.1. The van der Waals surface area contributed by atoms with Crippen molar-refractivity contribution in [2.24, 2.45) is 5.92 Å². The maximum Gasteiger partial charge on any atom is -0.00183 e. The van der Waals surface area contributed by atoms with Crippen molar-refractivity contribution in [2.75, 3.05) is 19.6 Å². The molecule has 0 bridgehead atoms. The molecular weight excluding hydrogens is 170 g/mol. The van der Waals surface area contributed by atoms with Gasteiger partial charge in [0, 0.05) is 0 Å². The molecule has 0 amide bonds. The second-order valence-corrected chi connectivity index (χ2v) is 4.61. The van der Waals surface area contributed by atoms with Crippen LogP contribution in [0, 0.1) is 5.92 Å². The summed E-state index contributed by atoms with van der Waals surface area (Å²) in [6.07, 6.45) is 10.4. The van der Waals surface area contributed by atoms with Gasteiger partial charge in [0.25, 0.3) is 0 Å². The average Bonchev–Trinajstić information content (AvgIpc) is 2.69. The van der Waals surface area contributed by atoms with Crippen molar-refractivity contribution in [3.05, 3.63) is 12.7 Å². The topological polar surface area (TPSA) is 3.24 Å². The van der Waals surface area contributed by atoms with Gasteiger partial charge in [0.05, 0.1) is 0 Å². The minimum absolute atomic E-state index is 0.710. The lowest BCUT2D eigenvalue weighted by Crippen LogP contribution is -2.20. The molecule has 0 radical (unpaired) electrons. The summed E-state index contributed by atoms with van der Waals surface area (Å²) in [6, 6.07) is 0. The molecule has 1 atom stereocenters. The van der Waals surface area contributed by atoms with Crippen LogP contribution in [0.3, 0.4) is 0 Å². The fourth-order valence-electron chi connectivity index (χ4n) is 2.10. The van der Waals surface area contributed by atoms with Crippen molar-refractivity contribution in [1.29, 1.82) is 0 Å². The molecule has 1 saturated heterocycles. The van der Waals surface area contributed by atoms with Gasteiger partial charge < -0.3 is 4.90 Å². The van der Waals surface area contributed by atoms with Gasteiger partial charge in [-0.2, -0.15) is 0 Å². The van der Waals surface area contributed by atoms with Crippen molar-refractivity contribution in [2.45, 2.75) is 45.4 Å². The number of rotatable bonds is 7. The molecule has 1 rings (SSSR count). The first-order valence-electron chi connectivity index (χ1n) is 6.18. The van der Waals surface area contributed by atoms with Gasteiger partial charge in [-0.3, -0.25) is 0 Å². The molecule has 0 saturated carbocycles. The maximum absolute atomic E-state index is 3.81. The highest BCUT2D eigenvalue weighted by Gasteiger charge is 2.09. The van der Waals surface area contributed by atoms with Crippen molar-refractivity contribution in [3.63, 3.8) is 0 Å². The van der Waals surface area contributed by atoms with Crippen LogP contribution in [0.25, 0.3) is 0 Å². The molecule has 0 spiro atoms. The Labute approximate surface area is 89.2 Å². The monoisotopic (exact) mass is 195 g/mol. The molecule has 1 heteroatoms. The van der Waals surface area contributed by atoms with Crippen LogP contribution in [-0.4, -0.2) is 24.5 Å². The summed E-state index contributed by atoms with van der Waals surface area (Å²) in [5.41, 5.74) is 0. The lowest BCUT2D eigenvalue weighted by Gasteiger charge is -2.14. The van der Waals surface area contributed by atoms with Crippen molar-refractivity contribution >= 4 is 0 Å². The molecule has 0 aromatic carbocycles. The van der Waals surface area contributed by atoms with Gasteiger partial charge in [0.15, 0.2) is 0 Å². The molecule has 1 aliphatic heterocycles.